The first-order valence-electron chi connectivity index (χ1n) is 7.16. The van der Waals surface area contributed by atoms with Gasteiger partial charge >= 0.3 is 0 Å². The minimum Gasteiger partial charge on any atom is -0.365 e. The first kappa shape index (κ1) is 13.2. The van der Waals surface area contributed by atoms with Crippen LogP contribution >= 0.6 is 0 Å². The summed E-state index contributed by atoms with van der Waals surface area (Å²) in [5, 5.41) is 4.07. The van der Waals surface area contributed by atoms with E-state index in [2.05, 4.69) is 15.1 Å². The Hall–Kier alpha value is -1.75. The Labute approximate surface area is 118 Å². The normalized spacial score (nSPS) is 17.5. The third kappa shape index (κ3) is 2.33. The molecular weight excluding hydrogens is 254 g/mol. The molecule has 0 unspecified atom stereocenters. The predicted molar refractivity (Wildman–Crippen MR) is 74.0 cm³/mol. The van der Waals surface area contributed by atoms with E-state index in [0.29, 0.717) is 18.3 Å². The summed E-state index contributed by atoms with van der Waals surface area (Å²) in [5.41, 5.74) is 1.29. The molecule has 5 heteroatoms. The summed E-state index contributed by atoms with van der Waals surface area (Å²) in [6, 6.07) is 5.79. The van der Waals surface area contributed by atoms with E-state index in [-0.39, 0.29) is 5.60 Å². The number of hydrogen-bond acceptors (Lipinski definition) is 5. The van der Waals surface area contributed by atoms with Crippen molar-refractivity contribution in [1.82, 2.24) is 15.1 Å². The topological polar surface area (TPSA) is 61.0 Å². The van der Waals surface area contributed by atoms with Gasteiger partial charge in [0.25, 0.3) is 5.89 Å². The maximum Gasteiger partial charge on any atom is 0.259 e. The largest absolute Gasteiger partial charge is 0.365 e. The zero-order valence-electron chi connectivity index (χ0n) is 11.9. The zero-order valence-corrected chi connectivity index (χ0v) is 11.9. The van der Waals surface area contributed by atoms with Gasteiger partial charge in [-0.3, -0.25) is 0 Å². The minimum atomic E-state index is -0.385. The van der Waals surface area contributed by atoms with Gasteiger partial charge in [-0.15, -0.1) is 0 Å². The van der Waals surface area contributed by atoms with E-state index < -0.39 is 0 Å². The van der Waals surface area contributed by atoms with Crippen molar-refractivity contribution >= 4 is 0 Å². The highest BCUT2D eigenvalue weighted by Gasteiger charge is 2.41. The zero-order chi connectivity index (χ0) is 14.0. The van der Waals surface area contributed by atoms with Crippen LogP contribution in [0.25, 0.3) is 11.5 Å². The van der Waals surface area contributed by atoms with Crippen LogP contribution in [0.5, 0.6) is 0 Å². The molecule has 0 saturated heterocycles. The van der Waals surface area contributed by atoms with Crippen molar-refractivity contribution in [3.63, 3.8) is 0 Å². The van der Waals surface area contributed by atoms with Crippen LogP contribution in [0.3, 0.4) is 0 Å². The molecular formula is C15H19N3O2. The average molecular weight is 273 g/mol. The number of hydrogen-bond donors (Lipinski definition) is 0. The van der Waals surface area contributed by atoms with Gasteiger partial charge in [-0.2, -0.15) is 4.98 Å². The van der Waals surface area contributed by atoms with Crippen molar-refractivity contribution in [1.29, 1.82) is 0 Å². The fraction of sp³-hybridized carbons (Fsp3) is 0.533. The second-order valence-corrected chi connectivity index (χ2v) is 5.22. The van der Waals surface area contributed by atoms with Crippen LogP contribution in [0.15, 0.2) is 22.7 Å². The van der Waals surface area contributed by atoms with Crippen LogP contribution in [0, 0.1) is 6.92 Å². The molecule has 2 aromatic heterocycles. The molecule has 5 nitrogen and oxygen atoms in total. The molecule has 2 aromatic rings. The molecule has 0 radical (unpaired) electrons. The molecule has 1 aliphatic carbocycles. The predicted octanol–water partition coefficient (Wildman–Crippen LogP) is 3.25. The molecule has 0 atom stereocenters. The number of pyridine rings is 1. The standard InChI is InChI=1S/C15H19N3O2/c1-3-19-15(9-4-5-10-15)14-17-13(18-20-14)12-8-6-7-11(2)16-12/h6-8H,3-5,9-10H2,1-2H3. The Morgan fingerprint density at radius 2 is 2.05 bits per heavy atom. The van der Waals surface area contributed by atoms with Crippen LogP contribution in [0.1, 0.15) is 44.2 Å². The van der Waals surface area contributed by atoms with Crippen LogP contribution in [-0.4, -0.2) is 21.7 Å². The number of nitrogens with zero attached hydrogens (tertiary/aromatic N) is 3. The van der Waals surface area contributed by atoms with Crippen LogP contribution in [0.2, 0.25) is 0 Å². The van der Waals surface area contributed by atoms with Crippen molar-refractivity contribution < 1.29 is 9.26 Å². The van der Waals surface area contributed by atoms with Gasteiger partial charge in [-0.25, -0.2) is 4.98 Å². The molecule has 20 heavy (non-hydrogen) atoms. The van der Waals surface area contributed by atoms with E-state index in [9.17, 15) is 0 Å². The monoisotopic (exact) mass is 273 g/mol. The van der Waals surface area contributed by atoms with Crippen molar-refractivity contribution in [2.24, 2.45) is 0 Å². The first-order chi connectivity index (χ1) is 9.73. The number of rotatable bonds is 4. The Balaban J connectivity index is 1.93. The third-order valence-corrected chi connectivity index (χ3v) is 3.77. The maximum absolute atomic E-state index is 5.93. The Morgan fingerprint density at radius 3 is 2.75 bits per heavy atom. The lowest BCUT2D eigenvalue weighted by Crippen LogP contribution is -2.26. The minimum absolute atomic E-state index is 0.385. The molecule has 1 saturated carbocycles. The fourth-order valence-corrected chi connectivity index (χ4v) is 2.82. The lowest BCUT2D eigenvalue weighted by molar-refractivity contribution is -0.0610. The molecule has 1 fully saturated rings. The third-order valence-electron chi connectivity index (χ3n) is 3.77. The summed E-state index contributed by atoms with van der Waals surface area (Å²) >= 11 is 0. The summed E-state index contributed by atoms with van der Waals surface area (Å²) in [7, 11) is 0. The van der Waals surface area contributed by atoms with Crippen molar-refractivity contribution in [2.75, 3.05) is 6.61 Å². The van der Waals surface area contributed by atoms with E-state index >= 15 is 0 Å². The number of aromatic nitrogens is 3. The molecule has 0 aromatic carbocycles. The second-order valence-electron chi connectivity index (χ2n) is 5.22. The molecule has 0 N–H and O–H groups in total. The van der Waals surface area contributed by atoms with Crippen LogP contribution in [-0.2, 0) is 10.3 Å². The van der Waals surface area contributed by atoms with E-state index in [1.807, 2.05) is 32.0 Å². The SMILES string of the molecule is CCOC1(c2nc(-c3cccc(C)n3)no2)CCCC1. The summed E-state index contributed by atoms with van der Waals surface area (Å²) in [5.74, 6) is 1.13. The summed E-state index contributed by atoms with van der Waals surface area (Å²) in [4.78, 5) is 8.96. The molecule has 3 rings (SSSR count). The van der Waals surface area contributed by atoms with Crippen molar-refractivity contribution in [3.05, 3.63) is 29.8 Å². The Morgan fingerprint density at radius 1 is 1.25 bits per heavy atom. The van der Waals surface area contributed by atoms with Gasteiger partial charge in [0.15, 0.2) is 0 Å². The molecule has 2 heterocycles. The van der Waals surface area contributed by atoms with E-state index in [1.54, 1.807) is 0 Å². The average Bonchev–Trinajstić information content (AvgIpc) is 3.08. The molecule has 0 bridgehead atoms. The van der Waals surface area contributed by atoms with Gasteiger partial charge in [-0.05, 0) is 51.7 Å². The van der Waals surface area contributed by atoms with Gasteiger partial charge in [0, 0.05) is 12.3 Å². The molecule has 1 aliphatic rings. The number of ether oxygens (including phenoxy) is 1. The highest BCUT2D eigenvalue weighted by atomic mass is 16.5. The summed E-state index contributed by atoms with van der Waals surface area (Å²) in [6.45, 7) is 4.60. The smallest absolute Gasteiger partial charge is 0.259 e. The number of aryl methyl sites for hydroxylation is 1. The second kappa shape index (κ2) is 5.32. The van der Waals surface area contributed by atoms with Gasteiger partial charge < -0.3 is 9.26 Å². The molecule has 106 valence electrons. The van der Waals surface area contributed by atoms with Gasteiger partial charge in [-0.1, -0.05) is 11.2 Å². The lowest BCUT2D eigenvalue weighted by atomic mass is 10.0. The first-order valence-corrected chi connectivity index (χ1v) is 7.16. The van der Waals surface area contributed by atoms with E-state index in [4.69, 9.17) is 9.26 Å². The van der Waals surface area contributed by atoms with Gasteiger partial charge in [0.2, 0.25) is 5.82 Å². The van der Waals surface area contributed by atoms with E-state index in [1.165, 1.54) is 0 Å². The lowest BCUT2D eigenvalue weighted by Gasteiger charge is -2.24. The maximum atomic E-state index is 5.93. The summed E-state index contributed by atoms with van der Waals surface area (Å²) < 4.78 is 11.4. The molecule has 0 amide bonds. The highest BCUT2D eigenvalue weighted by Crippen LogP contribution is 2.41. The molecule has 0 spiro atoms. The highest BCUT2D eigenvalue weighted by molar-refractivity contribution is 5.48. The Bertz CT molecular complexity index is 588. The van der Waals surface area contributed by atoms with Crippen LogP contribution < -0.4 is 0 Å². The summed E-state index contributed by atoms with van der Waals surface area (Å²) in [6.07, 6.45) is 4.17. The van der Waals surface area contributed by atoms with Crippen LogP contribution in [0.4, 0.5) is 0 Å². The van der Waals surface area contributed by atoms with Crippen molar-refractivity contribution in [3.8, 4) is 11.5 Å². The Kier molecular flexibility index (Phi) is 3.53. The molecule has 0 aliphatic heterocycles. The fourth-order valence-electron chi connectivity index (χ4n) is 2.82. The quantitative estimate of drug-likeness (QED) is 0.855. The van der Waals surface area contributed by atoms with Gasteiger partial charge in [0.1, 0.15) is 11.3 Å². The van der Waals surface area contributed by atoms with E-state index in [0.717, 1.165) is 37.1 Å². The van der Waals surface area contributed by atoms with Gasteiger partial charge in [0.05, 0.1) is 0 Å². The van der Waals surface area contributed by atoms with Crippen molar-refractivity contribution in [2.45, 2.75) is 45.1 Å².